The van der Waals surface area contributed by atoms with Gasteiger partial charge in [-0.05, 0) is 42.9 Å². The van der Waals surface area contributed by atoms with Crippen molar-refractivity contribution in [2.45, 2.75) is 26.2 Å². The summed E-state index contributed by atoms with van der Waals surface area (Å²) >= 11 is 0. The van der Waals surface area contributed by atoms with Gasteiger partial charge in [0.05, 0.1) is 0 Å². The number of ketones is 1. The lowest BCUT2D eigenvalue weighted by Gasteiger charge is -2.18. The predicted octanol–water partition coefficient (Wildman–Crippen LogP) is 2.24. The van der Waals surface area contributed by atoms with E-state index in [4.69, 9.17) is 0 Å². The first-order valence-corrected chi connectivity index (χ1v) is 4.19. The van der Waals surface area contributed by atoms with E-state index in [1.807, 2.05) is 6.92 Å². The van der Waals surface area contributed by atoms with Crippen LogP contribution in [0.3, 0.4) is 0 Å². The first kappa shape index (κ1) is 6.84. The van der Waals surface area contributed by atoms with E-state index in [1.54, 1.807) is 6.08 Å². The predicted molar refractivity (Wildman–Crippen MR) is 44.2 cm³/mol. The minimum Gasteiger partial charge on any atom is -0.295 e. The molecular weight excluding hydrogens is 136 g/mol. The van der Waals surface area contributed by atoms with Crippen LogP contribution in [0.25, 0.3) is 0 Å². The van der Waals surface area contributed by atoms with Gasteiger partial charge in [-0.3, -0.25) is 4.79 Å². The van der Waals surface area contributed by atoms with Gasteiger partial charge in [-0.2, -0.15) is 0 Å². The molecule has 1 nitrogen and oxygen atoms in total. The van der Waals surface area contributed by atoms with Crippen molar-refractivity contribution < 1.29 is 4.79 Å². The van der Waals surface area contributed by atoms with E-state index in [9.17, 15) is 4.79 Å². The van der Waals surface area contributed by atoms with Gasteiger partial charge < -0.3 is 0 Å². The summed E-state index contributed by atoms with van der Waals surface area (Å²) in [5, 5.41) is 0. The van der Waals surface area contributed by atoms with Crippen LogP contribution in [0.4, 0.5) is 0 Å². The Morgan fingerprint density at radius 2 is 2.36 bits per heavy atom. The van der Waals surface area contributed by atoms with Crippen LogP contribution in [0.1, 0.15) is 26.2 Å². The molecule has 0 aromatic rings. The number of fused-ring (bicyclic) bond motifs is 1. The molecule has 0 heterocycles. The fourth-order valence-corrected chi connectivity index (χ4v) is 2.08. The van der Waals surface area contributed by atoms with Crippen molar-refractivity contribution >= 4 is 5.78 Å². The van der Waals surface area contributed by atoms with Crippen LogP contribution in [0.2, 0.25) is 0 Å². The van der Waals surface area contributed by atoms with Crippen LogP contribution in [-0.4, -0.2) is 5.78 Å². The molecule has 2 aliphatic rings. The Morgan fingerprint density at radius 3 is 3.18 bits per heavy atom. The van der Waals surface area contributed by atoms with E-state index in [-0.39, 0.29) is 0 Å². The fourth-order valence-electron chi connectivity index (χ4n) is 2.08. The molecule has 0 aromatic heterocycles. The van der Waals surface area contributed by atoms with Gasteiger partial charge in [0.25, 0.3) is 0 Å². The van der Waals surface area contributed by atoms with Crippen LogP contribution in [0.5, 0.6) is 0 Å². The summed E-state index contributed by atoms with van der Waals surface area (Å²) < 4.78 is 0. The molecule has 0 spiro atoms. The van der Waals surface area contributed by atoms with Crippen molar-refractivity contribution in [3.8, 4) is 0 Å². The number of hydrogen-bond acceptors (Lipinski definition) is 1. The van der Waals surface area contributed by atoms with Crippen LogP contribution in [0.15, 0.2) is 23.3 Å². The zero-order chi connectivity index (χ0) is 7.84. The number of carbonyl (C=O) groups excluding carboxylic acids is 1. The summed E-state index contributed by atoms with van der Waals surface area (Å²) in [6.07, 6.45) is 7.17. The maximum absolute atomic E-state index is 11.1. The Kier molecular flexibility index (Phi) is 1.45. The molecule has 0 saturated carbocycles. The van der Waals surface area contributed by atoms with Crippen LogP contribution in [0, 0.1) is 5.92 Å². The topological polar surface area (TPSA) is 17.1 Å². The normalized spacial score (nSPS) is 29.5. The molecule has 0 aromatic carbocycles. The highest BCUT2D eigenvalue weighted by Gasteiger charge is 2.26. The van der Waals surface area contributed by atoms with Gasteiger partial charge in [-0.15, -0.1) is 0 Å². The minimum absolute atomic E-state index is 0.312. The maximum Gasteiger partial charge on any atom is 0.156 e. The van der Waals surface area contributed by atoms with E-state index in [0.717, 1.165) is 6.42 Å². The van der Waals surface area contributed by atoms with Gasteiger partial charge >= 0.3 is 0 Å². The summed E-state index contributed by atoms with van der Waals surface area (Å²) in [6, 6.07) is 0. The smallest absolute Gasteiger partial charge is 0.156 e. The van der Waals surface area contributed by atoms with Crippen molar-refractivity contribution in [2.24, 2.45) is 5.92 Å². The second kappa shape index (κ2) is 2.33. The molecule has 0 unspecified atom stereocenters. The van der Waals surface area contributed by atoms with E-state index in [0.29, 0.717) is 11.7 Å². The highest BCUT2D eigenvalue weighted by molar-refractivity contribution is 5.93. The number of allylic oxidation sites excluding steroid dienone is 4. The molecule has 0 aliphatic heterocycles. The number of carbonyl (C=O) groups is 1. The Bertz CT molecular complexity index is 258. The first-order chi connectivity index (χ1) is 5.27. The van der Waals surface area contributed by atoms with Crippen molar-refractivity contribution in [1.29, 1.82) is 0 Å². The van der Waals surface area contributed by atoms with Gasteiger partial charge in [-0.25, -0.2) is 0 Å². The molecule has 1 atom stereocenters. The molecule has 0 radical (unpaired) electrons. The van der Waals surface area contributed by atoms with E-state index < -0.39 is 0 Å². The second-order valence-corrected chi connectivity index (χ2v) is 3.43. The SMILES string of the molecule is CC1=CC(=O)C[C@H]2CCC=C12. The van der Waals surface area contributed by atoms with Gasteiger partial charge in [-0.1, -0.05) is 6.08 Å². The Hall–Kier alpha value is -0.850. The summed E-state index contributed by atoms with van der Waals surface area (Å²) in [7, 11) is 0. The molecule has 0 saturated heterocycles. The summed E-state index contributed by atoms with van der Waals surface area (Å²) in [5.41, 5.74) is 2.63. The molecule has 0 amide bonds. The van der Waals surface area contributed by atoms with Gasteiger partial charge in [0.2, 0.25) is 0 Å². The Morgan fingerprint density at radius 1 is 1.55 bits per heavy atom. The van der Waals surface area contributed by atoms with E-state index in [2.05, 4.69) is 6.08 Å². The molecule has 2 rings (SSSR count). The van der Waals surface area contributed by atoms with E-state index >= 15 is 0 Å². The lowest BCUT2D eigenvalue weighted by atomic mass is 9.86. The van der Waals surface area contributed by atoms with Crippen LogP contribution >= 0.6 is 0 Å². The van der Waals surface area contributed by atoms with Gasteiger partial charge in [0.15, 0.2) is 5.78 Å². The third-order valence-electron chi connectivity index (χ3n) is 2.60. The lowest BCUT2D eigenvalue weighted by Crippen LogP contribution is -2.12. The van der Waals surface area contributed by atoms with Crippen LogP contribution < -0.4 is 0 Å². The van der Waals surface area contributed by atoms with Crippen molar-refractivity contribution in [3.63, 3.8) is 0 Å². The first-order valence-electron chi connectivity index (χ1n) is 4.19. The Labute approximate surface area is 66.8 Å². The molecule has 2 aliphatic carbocycles. The monoisotopic (exact) mass is 148 g/mol. The zero-order valence-electron chi connectivity index (χ0n) is 6.76. The molecule has 11 heavy (non-hydrogen) atoms. The standard InChI is InChI=1S/C10H12O/c1-7-5-9(11)6-8-3-2-4-10(7)8/h4-5,8H,2-3,6H2,1H3/t8-/m1/s1. The third-order valence-corrected chi connectivity index (χ3v) is 2.60. The van der Waals surface area contributed by atoms with Gasteiger partial charge in [0, 0.05) is 6.42 Å². The lowest BCUT2D eigenvalue weighted by molar-refractivity contribution is -0.115. The molecule has 0 N–H and O–H groups in total. The molecule has 58 valence electrons. The second-order valence-electron chi connectivity index (χ2n) is 3.43. The molecule has 0 bridgehead atoms. The van der Waals surface area contributed by atoms with Crippen molar-refractivity contribution in [2.75, 3.05) is 0 Å². The minimum atomic E-state index is 0.312. The zero-order valence-corrected chi connectivity index (χ0v) is 6.76. The van der Waals surface area contributed by atoms with Crippen molar-refractivity contribution in [1.82, 2.24) is 0 Å². The van der Waals surface area contributed by atoms with Gasteiger partial charge in [0.1, 0.15) is 0 Å². The number of hydrogen-bond donors (Lipinski definition) is 0. The maximum atomic E-state index is 11.1. The average Bonchev–Trinajstić information content (AvgIpc) is 2.34. The molecule has 1 heteroatoms. The summed E-state index contributed by atoms with van der Waals surface area (Å²) in [4.78, 5) is 11.1. The van der Waals surface area contributed by atoms with Crippen LogP contribution in [-0.2, 0) is 4.79 Å². The van der Waals surface area contributed by atoms with E-state index in [1.165, 1.54) is 24.0 Å². The van der Waals surface area contributed by atoms with Crippen molar-refractivity contribution in [3.05, 3.63) is 23.3 Å². The Balaban J connectivity index is 2.36. The largest absolute Gasteiger partial charge is 0.295 e. The quantitative estimate of drug-likeness (QED) is 0.515. The average molecular weight is 148 g/mol. The molecular formula is C10H12O. The summed E-state index contributed by atoms with van der Waals surface area (Å²) in [6.45, 7) is 2.04. The highest BCUT2D eigenvalue weighted by Crippen LogP contribution is 2.36. The summed E-state index contributed by atoms with van der Waals surface area (Å²) in [5.74, 6) is 0.874. The molecule has 0 fully saturated rings. The fraction of sp³-hybridized carbons (Fsp3) is 0.500. The number of rotatable bonds is 0. The highest BCUT2D eigenvalue weighted by atomic mass is 16.1. The third kappa shape index (κ3) is 1.05.